The number of nitrogens with two attached hydrogens (primary N) is 3. The van der Waals surface area contributed by atoms with Crippen LogP contribution in [0.4, 0.5) is 0 Å². The van der Waals surface area contributed by atoms with Crippen LogP contribution in [0.2, 0.25) is 0 Å². The van der Waals surface area contributed by atoms with E-state index in [1.165, 1.54) is 0 Å². The minimum atomic E-state index is -1.28. The van der Waals surface area contributed by atoms with Gasteiger partial charge in [-0.05, 0) is 52.1 Å². The van der Waals surface area contributed by atoms with Gasteiger partial charge in [-0.2, -0.15) is 0 Å². The third-order valence-corrected chi connectivity index (χ3v) is 5.60. The van der Waals surface area contributed by atoms with Gasteiger partial charge in [0, 0.05) is 11.1 Å². The zero-order valence-corrected chi connectivity index (χ0v) is 16.3. The van der Waals surface area contributed by atoms with Gasteiger partial charge < -0.3 is 0 Å². The number of rotatable bonds is 4. The SMILES string of the molecule is NNC(=O)c1ccc2c(c1)-c1cc(C(=O)NN)ccc1C2(C(=O)NN)c1ccccc1. The maximum absolute atomic E-state index is 13.4. The molecule has 1 aliphatic rings. The van der Waals surface area contributed by atoms with Crippen molar-refractivity contribution >= 4 is 17.7 Å². The Morgan fingerprint density at radius 1 is 0.645 bits per heavy atom. The number of carbonyl (C=O) groups is 3. The summed E-state index contributed by atoms with van der Waals surface area (Å²) in [7, 11) is 0. The maximum Gasteiger partial charge on any atom is 0.265 e. The Morgan fingerprint density at radius 3 is 1.55 bits per heavy atom. The molecule has 9 nitrogen and oxygen atoms in total. The number of benzene rings is 3. The molecule has 0 saturated carbocycles. The van der Waals surface area contributed by atoms with Crippen LogP contribution in [0.3, 0.4) is 0 Å². The van der Waals surface area contributed by atoms with Crippen LogP contribution in [0.15, 0.2) is 66.7 Å². The number of nitrogen functional groups attached to an aromatic ring is 2. The first-order valence-corrected chi connectivity index (χ1v) is 9.37. The second-order valence-electron chi connectivity index (χ2n) is 7.06. The van der Waals surface area contributed by atoms with Gasteiger partial charge in [0.05, 0.1) is 0 Å². The molecule has 3 aromatic carbocycles. The average Bonchev–Trinajstić information content (AvgIpc) is 3.12. The van der Waals surface area contributed by atoms with Crippen LogP contribution in [0.25, 0.3) is 11.1 Å². The van der Waals surface area contributed by atoms with Crippen LogP contribution >= 0.6 is 0 Å². The van der Waals surface area contributed by atoms with Crippen molar-refractivity contribution in [3.63, 3.8) is 0 Å². The van der Waals surface area contributed by atoms with E-state index in [9.17, 15) is 14.4 Å². The first-order chi connectivity index (χ1) is 15.0. The van der Waals surface area contributed by atoms with E-state index < -0.39 is 23.1 Å². The van der Waals surface area contributed by atoms with Gasteiger partial charge in [0.2, 0.25) is 0 Å². The van der Waals surface area contributed by atoms with Gasteiger partial charge in [-0.25, -0.2) is 17.5 Å². The smallest absolute Gasteiger partial charge is 0.265 e. The fraction of sp³-hybridized carbons (Fsp3) is 0.0455. The molecule has 0 unspecified atom stereocenters. The summed E-state index contributed by atoms with van der Waals surface area (Å²) in [6.45, 7) is 0. The van der Waals surface area contributed by atoms with Crippen LogP contribution in [0.5, 0.6) is 0 Å². The molecule has 0 heterocycles. The first kappa shape index (κ1) is 20.2. The molecule has 156 valence electrons. The summed E-state index contributed by atoms with van der Waals surface area (Å²) in [6.07, 6.45) is 0. The van der Waals surface area contributed by atoms with Crippen molar-refractivity contribution < 1.29 is 14.4 Å². The molecule has 0 saturated heterocycles. The van der Waals surface area contributed by atoms with E-state index in [2.05, 4.69) is 16.3 Å². The number of hydrogen-bond donors (Lipinski definition) is 6. The molecule has 0 spiro atoms. The summed E-state index contributed by atoms with van der Waals surface area (Å²) < 4.78 is 0. The van der Waals surface area contributed by atoms with Gasteiger partial charge in [-0.3, -0.25) is 30.7 Å². The minimum absolute atomic E-state index is 0.304. The third kappa shape index (κ3) is 2.88. The number of amides is 3. The lowest BCUT2D eigenvalue weighted by Gasteiger charge is -2.30. The van der Waals surface area contributed by atoms with E-state index in [1.54, 1.807) is 36.4 Å². The molecule has 31 heavy (non-hydrogen) atoms. The van der Waals surface area contributed by atoms with Crippen LogP contribution in [-0.4, -0.2) is 17.7 Å². The Morgan fingerprint density at radius 2 is 1.13 bits per heavy atom. The Bertz CT molecular complexity index is 1140. The van der Waals surface area contributed by atoms with Crippen molar-refractivity contribution in [3.8, 4) is 11.1 Å². The zero-order chi connectivity index (χ0) is 22.2. The van der Waals surface area contributed by atoms with Crippen LogP contribution < -0.4 is 33.8 Å². The maximum atomic E-state index is 13.4. The molecule has 4 rings (SSSR count). The van der Waals surface area contributed by atoms with Gasteiger partial charge in [-0.1, -0.05) is 42.5 Å². The summed E-state index contributed by atoms with van der Waals surface area (Å²) >= 11 is 0. The standard InChI is InChI=1S/C22H20N6O3/c23-26-19(29)12-6-8-17-15(10-12)16-11-13(20(30)27-24)7-9-18(16)22(17,21(31)28-25)14-4-2-1-3-5-14/h1-11H,23-25H2,(H,26,29)(H,27,30)(H,28,31). The highest BCUT2D eigenvalue weighted by Gasteiger charge is 2.50. The van der Waals surface area contributed by atoms with Crippen LogP contribution in [0, 0.1) is 0 Å². The summed E-state index contributed by atoms with van der Waals surface area (Å²) in [5, 5.41) is 0. The topological polar surface area (TPSA) is 165 Å². The van der Waals surface area contributed by atoms with Gasteiger partial charge in [0.1, 0.15) is 5.41 Å². The highest BCUT2D eigenvalue weighted by molar-refractivity contribution is 6.06. The van der Waals surface area contributed by atoms with E-state index in [1.807, 2.05) is 30.3 Å². The summed E-state index contributed by atoms with van der Waals surface area (Å²) in [4.78, 5) is 37.7. The normalized spacial score (nSPS) is 13.0. The minimum Gasteiger partial charge on any atom is -0.293 e. The molecule has 0 bridgehead atoms. The van der Waals surface area contributed by atoms with E-state index in [0.29, 0.717) is 38.9 Å². The fourth-order valence-electron chi connectivity index (χ4n) is 4.27. The monoisotopic (exact) mass is 416 g/mol. The number of carbonyl (C=O) groups excluding carboxylic acids is 3. The molecular formula is C22H20N6O3. The number of hydrogen-bond acceptors (Lipinski definition) is 6. The molecule has 0 aliphatic heterocycles. The Kier molecular flexibility index (Phi) is 4.99. The Labute approximate surface area is 177 Å². The zero-order valence-electron chi connectivity index (χ0n) is 16.3. The molecule has 0 aromatic heterocycles. The fourth-order valence-corrected chi connectivity index (χ4v) is 4.27. The van der Waals surface area contributed by atoms with E-state index in [4.69, 9.17) is 17.5 Å². The molecule has 9 heteroatoms. The van der Waals surface area contributed by atoms with Gasteiger partial charge in [-0.15, -0.1) is 0 Å². The molecule has 1 aliphatic carbocycles. The summed E-state index contributed by atoms with van der Waals surface area (Å²) in [5.41, 5.74) is 8.96. The number of nitrogens with one attached hydrogen (secondary N) is 3. The molecule has 9 N–H and O–H groups in total. The quantitative estimate of drug-likeness (QED) is 0.202. The van der Waals surface area contributed by atoms with Crippen molar-refractivity contribution in [2.24, 2.45) is 17.5 Å². The average molecular weight is 416 g/mol. The molecule has 0 atom stereocenters. The lowest BCUT2D eigenvalue weighted by molar-refractivity contribution is -0.124. The molecule has 3 amide bonds. The van der Waals surface area contributed by atoms with E-state index in [-0.39, 0.29) is 0 Å². The predicted molar refractivity (Wildman–Crippen MR) is 114 cm³/mol. The highest BCUT2D eigenvalue weighted by Crippen LogP contribution is 2.53. The molecule has 3 aromatic rings. The lowest BCUT2D eigenvalue weighted by atomic mass is 9.71. The lowest BCUT2D eigenvalue weighted by Crippen LogP contribution is -2.47. The predicted octanol–water partition coefficient (Wildman–Crippen LogP) is 0.198. The van der Waals surface area contributed by atoms with Crippen molar-refractivity contribution in [2.75, 3.05) is 0 Å². The molecule has 0 radical (unpaired) electrons. The summed E-state index contributed by atoms with van der Waals surface area (Å²) in [6, 6.07) is 19.0. The Balaban J connectivity index is 2.11. The molecular weight excluding hydrogens is 396 g/mol. The highest BCUT2D eigenvalue weighted by atomic mass is 16.2. The van der Waals surface area contributed by atoms with Gasteiger partial charge in [0.15, 0.2) is 0 Å². The Hall–Kier alpha value is -4.05. The van der Waals surface area contributed by atoms with E-state index in [0.717, 1.165) is 0 Å². The van der Waals surface area contributed by atoms with Gasteiger partial charge in [0.25, 0.3) is 17.7 Å². The van der Waals surface area contributed by atoms with E-state index >= 15 is 0 Å². The van der Waals surface area contributed by atoms with Crippen molar-refractivity contribution in [1.82, 2.24) is 16.3 Å². The van der Waals surface area contributed by atoms with Crippen LogP contribution in [0.1, 0.15) is 37.4 Å². The van der Waals surface area contributed by atoms with Crippen LogP contribution in [-0.2, 0) is 10.2 Å². The summed E-state index contributed by atoms with van der Waals surface area (Å²) in [5.74, 6) is 14.8. The first-order valence-electron chi connectivity index (χ1n) is 9.37. The number of hydrazine groups is 3. The number of fused-ring (bicyclic) bond motifs is 3. The second-order valence-corrected chi connectivity index (χ2v) is 7.06. The van der Waals surface area contributed by atoms with Crippen molar-refractivity contribution in [3.05, 3.63) is 94.5 Å². The third-order valence-electron chi connectivity index (χ3n) is 5.60. The van der Waals surface area contributed by atoms with Crippen molar-refractivity contribution in [1.29, 1.82) is 0 Å². The molecule has 0 fully saturated rings. The second kappa shape index (κ2) is 7.65. The van der Waals surface area contributed by atoms with Gasteiger partial charge >= 0.3 is 0 Å². The van der Waals surface area contributed by atoms with Crippen molar-refractivity contribution in [2.45, 2.75) is 5.41 Å². The largest absolute Gasteiger partial charge is 0.293 e.